The molecule has 1 saturated heterocycles. The molecule has 0 aliphatic carbocycles. The minimum atomic E-state index is -0.310. The molecule has 1 N–H and O–H groups in total. The van der Waals surface area contributed by atoms with Crippen molar-refractivity contribution in [2.45, 2.75) is 6.04 Å². The van der Waals surface area contributed by atoms with Crippen molar-refractivity contribution in [2.75, 3.05) is 38.0 Å². The Labute approximate surface area is 176 Å². The summed E-state index contributed by atoms with van der Waals surface area (Å²) < 4.78 is 13.0. The summed E-state index contributed by atoms with van der Waals surface area (Å²) in [6.45, 7) is 3.77. The molecule has 3 aromatic rings. The van der Waals surface area contributed by atoms with Crippen LogP contribution in [0.2, 0.25) is 0 Å². The highest BCUT2D eigenvalue weighted by atomic mass is 19.1. The van der Waals surface area contributed by atoms with Gasteiger partial charge in [-0.15, -0.1) is 0 Å². The van der Waals surface area contributed by atoms with E-state index in [0.717, 1.165) is 26.2 Å². The first-order valence-electron chi connectivity index (χ1n) is 10.3. The SMILES string of the molecule is O=C(CN1CCN(C(c2ccccc2)c2ccccc2)CC1)Nc1ccc(F)cc1. The average molecular weight is 404 g/mol. The summed E-state index contributed by atoms with van der Waals surface area (Å²) in [6.07, 6.45) is 0. The quantitative estimate of drug-likeness (QED) is 0.671. The third-order valence-electron chi connectivity index (χ3n) is 5.50. The smallest absolute Gasteiger partial charge is 0.238 e. The third kappa shape index (κ3) is 5.12. The van der Waals surface area contributed by atoms with Crippen molar-refractivity contribution in [2.24, 2.45) is 0 Å². The lowest BCUT2D eigenvalue weighted by molar-refractivity contribution is -0.117. The molecule has 30 heavy (non-hydrogen) atoms. The first-order valence-corrected chi connectivity index (χ1v) is 10.3. The minimum Gasteiger partial charge on any atom is -0.325 e. The Balaban J connectivity index is 1.37. The van der Waals surface area contributed by atoms with Crippen molar-refractivity contribution in [3.05, 3.63) is 102 Å². The monoisotopic (exact) mass is 403 g/mol. The summed E-state index contributed by atoms with van der Waals surface area (Å²) in [6, 6.07) is 27.2. The van der Waals surface area contributed by atoms with E-state index in [0.29, 0.717) is 12.2 Å². The number of hydrogen-bond acceptors (Lipinski definition) is 3. The van der Waals surface area contributed by atoms with Gasteiger partial charge in [0.15, 0.2) is 0 Å². The highest BCUT2D eigenvalue weighted by molar-refractivity contribution is 5.92. The molecule has 0 radical (unpaired) electrons. The highest BCUT2D eigenvalue weighted by Crippen LogP contribution is 2.29. The zero-order valence-corrected chi connectivity index (χ0v) is 16.9. The van der Waals surface area contributed by atoms with Crippen molar-refractivity contribution in [3.8, 4) is 0 Å². The number of halogens is 1. The number of nitrogens with one attached hydrogen (secondary N) is 1. The number of nitrogens with zero attached hydrogens (tertiary/aromatic N) is 2. The van der Waals surface area contributed by atoms with Gasteiger partial charge in [-0.05, 0) is 35.4 Å². The van der Waals surface area contributed by atoms with E-state index < -0.39 is 0 Å². The van der Waals surface area contributed by atoms with E-state index in [2.05, 4.69) is 63.6 Å². The molecule has 0 aromatic heterocycles. The fourth-order valence-electron chi connectivity index (χ4n) is 4.00. The van der Waals surface area contributed by atoms with Crippen LogP contribution in [0.4, 0.5) is 10.1 Å². The lowest BCUT2D eigenvalue weighted by Gasteiger charge is -2.39. The van der Waals surface area contributed by atoms with Crippen LogP contribution in [0, 0.1) is 5.82 Å². The van der Waals surface area contributed by atoms with Crippen LogP contribution in [0.15, 0.2) is 84.9 Å². The summed E-state index contributed by atoms with van der Waals surface area (Å²) in [7, 11) is 0. The number of rotatable bonds is 6. The van der Waals surface area contributed by atoms with Crippen molar-refractivity contribution in [1.29, 1.82) is 0 Å². The van der Waals surface area contributed by atoms with Gasteiger partial charge in [0.05, 0.1) is 12.6 Å². The lowest BCUT2D eigenvalue weighted by atomic mass is 9.96. The number of amides is 1. The number of carbonyl (C=O) groups is 1. The summed E-state index contributed by atoms with van der Waals surface area (Å²) in [5.41, 5.74) is 3.19. The maximum Gasteiger partial charge on any atom is 0.238 e. The molecule has 3 aromatic carbocycles. The fourth-order valence-corrected chi connectivity index (χ4v) is 4.00. The van der Waals surface area contributed by atoms with Gasteiger partial charge in [0, 0.05) is 31.9 Å². The van der Waals surface area contributed by atoms with Gasteiger partial charge in [-0.25, -0.2) is 4.39 Å². The van der Waals surface area contributed by atoms with Crippen LogP contribution in [-0.2, 0) is 4.79 Å². The molecule has 5 heteroatoms. The number of benzene rings is 3. The van der Waals surface area contributed by atoms with E-state index in [1.165, 1.54) is 23.3 Å². The normalized spacial score (nSPS) is 15.3. The Hall–Kier alpha value is -3.02. The van der Waals surface area contributed by atoms with E-state index in [-0.39, 0.29) is 17.8 Å². The predicted octanol–water partition coefficient (Wildman–Crippen LogP) is 4.17. The van der Waals surface area contributed by atoms with E-state index >= 15 is 0 Å². The predicted molar refractivity (Wildman–Crippen MR) is 118 cm³/mol. The van der Waals surface area contributed by atoms with Crippen molar-refractivity contribution in [1.82, 2.24) is 9.80 Å². The molecule has 1 amide bonds. The zero-order chi connectivity index (χ0) is 20.8. The first-order chi connectivity index (χ1) is 14.7. The molecule has 0 spiro atoms. The van der Waals surface area contributed by atoms with Crippen LogP contribution in [0.1, 0.15) is 17.2 Å². The van der Waals surface area contributed by atoms with Crippen LogP contribution in [0.25, 0.3) is 0 Å². The van der Waals surface area contributed by atoms with Gasteiger partial charge in [-0.3, -0.25) is 14.6 Å². The van der Waals surface area contributed by atoms with Crippen LogP contribution >= 0.6 is 0 Å². The number of carbonyl (C=O) groups excluding carboxylic acids is 1. The van der Waals surface area contributed by atoms with E-state index in [1.807, 2.05) is 12.1 Å². The molecular formula is C25H26FN3O. The van der Waals surface area contributed by atoms with Crippen molar-refractivity contribution in [3.63, 3.8) is 0 Å². The Kier molecular flexibility index (Phi) is 6.52. The Morgan fingerprint density at radius 2 is 1.33 bits per heavy atom. The van der Waals surface area contributed by atoms with Crippen molar-refractivity contribution >= 4 is 11.6 Å². The van der Waals surface area contributed by atoms with Gasteiger partial charge in [-0.2, -0.15) is 0 Å². The average Bonchev–Trinajstić information content (AvgIpc) is 2.78. The molecule has 1 fully saturated rings. The summed E-state index contributed by atoms with van der Waals surface area (Å²) in [4.78, 5) is 17.0. The maximum absolute atomic E-state index is 13.0. The Morgan fingerprint density at radius 1 is 0.800 bits per heavy atom. The highest BCUT2D eigenvalue weighted by Gasteiger charge is 2.26. The number of hydrogen-bond donors (Lipinski definition) is 1. The summed E-state index contributed by atoms with van der Waals surface area (Å²) >= 11 is 0. The van der Waals surface area contributed by atoms with Gasteiger partial charge < -0.3 is 5.32 Å². The van der Waals surface area contributed by atoms with Gasteiger partial charge in [0.2, 0.25) is 5.91 Å². The first kappa shape index (κ1) is 20.3. The lowest BCUT2D eigenvalue weighted by Crippen LogP contribution is -2.49. The topological polar surface area (TPSA) is 35.6 Å². The summed E-state index contributed by atoms with van der Waals surface area (Å²) in [5, 5.41) is 2.84. The van der Waals surface area contributed by atoms with E-state index in [1.54, 1.807) is 12.1 Å². The molecule has 0 bridgehead atoms. The largest absolute Gasteiger partial charge is 0.325 e. The van der Waals surface area contributed by atoms with E-state index in [9.17, 15) is 9.18 Å². The third-order valence-corrected chi connectivity index (χ3v) is 5.50. The summed E-state index contributed by atoms with van der Waals surface area (Å²) in [5.74, 6) is -0.381. The van der Waals surface area contributed by atoms with E-state index in [4.69, 9.17) is 0 Å². The van der Waals surface area contributed by atoms with Crippen LogP contribution in [-0.4, -0.2) is 48.4 Å². The molecule has 1 heterocycles. The molecule has 154 valence electrons. The standard InChI is InChI=1S/C25H26FN3O/c26-22-11-13-23(14-12-22)27-24(30)19-28-15-17-29(18-16-28)25(20-7-3-1-4-8-20)21-9-5-2-6-10-21/h1-14,25H,15-19H2,(H,27,30). The Bertz CT molecular complexity index is 900. The van der Waals surface area contributed by atoms with Gasteiger partial charge in [-0.1, -0.05) is 60.7 Å². The van der Waals surface area contributed by atoms with Gasteiger partial charge in [0.25, 0.3) is 0 Å². The second-order valence-electron chi connectivity index (χ2n) is 7.59. The van der Waals surface area contributed by atoms with Gasteiger partial charge >= 0.3 is 0 Å². The number of anilines is 1. The molecular weight excluding hydrogens is 377 g/mol. The molecule has 4 nitrogen and oxygen atoms in total. The molecule has 0 unspecified atom stereocenters. The van der Waals surface area contributed by atoms with Crippen LogP contribution in [0.3, 0.4) is 0 Å². The second-order valence-corrected chi connectivity index (χ2v) is 7.59. The molecule has 1 aliphatic rings. The zero-order valence-electron chi connectivity index (χ0n) is 16.9. The Morgan fingerprint density at radius 3 is 1.87 bits per heavy atom. The second kappa shape index (κ2) is 9.65. The van der Waals surface area contributed by atoms with Gasteiger partial charge in [0.1, 0.15) is 5.82 Å². The van der Waals surface area contributed by atoms with Crippen LogP contribution in [0.5, 0.6) is 0 Å². The molecule has 0 atom stereocenters. The minimum absolute atomic E-state index is 0.0715. The number of piperazine rings is 1. The van der Waals surface area contributed by atoms with Crippen molar-refractivity contribution < 1.29 is 9.18 Å². The molecule has 0 saturated carbocycles. The molecule has 1 aliphatic heterocycles. The molecule has 4 rings (SSSR count). The fraction of sp³-hybridized carbons (Fsp3) is 0.240. The maximum atomic E-state index is 13.0. The van der Waals surface area contributed by atoms with Crippen LogP contribution < -0.4 is 5.32 Å².